The van der Waals surface area contributed by atoms with Gasteiger partial charge in [-0.05, 0) is 31.9 Å². The number of thioether (sulfide) groups is 1. The summed E-state index contributed by atoms with van der Waals surface area (Å²) < 4.78 is 1.27. The number of carbonyl (C=O) groups is 2. The summed E-state index contributed by atoms with van der Waals surface area (Å²) in [4.78, 5) is 22.4. The summed E-state index contributed by atoms with van der Waals surface area (Å²) in [5.74, 6) is -0.973. The lowest BCUT2D eigenvalue weighted by Gasteiger charge is -2.27. The minimum Gasteiger partial charge on any atom is -0.480 e. The van der Waals surface area contributed by atoms with Gasteiger partial charge in [-0.1, -0.05) is 0 Å². The van der Waals surface area contributed by atoms with E-state index >= 15 is 0 Å². The lowest BCUT2D eigenvalue weighted by molar-refractivity contribution is -0.137. The maximum Gasteiger partial charge on any atom is 0.325 e. The van der Waals surface area contributed by atoms with Crippen LogP contribution in [-0.4, -0.2) is 44.4 Å². The van der Waals surface area contributed by atoms with Gasteiger partial charge in [0.1, 0.15) is 6.54 Å². The molecule has 0 aliphatic heterocycles. The second-order valence-corrected chi connectivity index (χ2v) is 6.27. The van der Waals surface area contributed by atoms with E-state index in [0.29, 0.717) is 10.9 Å². The third kappa shape index (κ3) is 4.96. The minimum absolute atomic E-state index is 0.211. The van der Waals surface area contributed by atoms with Gasteiger partial charge in [0.15, 0.2) is 0 Å². The van der Waals surface area contributed by atoms with Crippen molar-refractivity contribution in [2.75, 3.05) is 11.6 Å². The summed E-state index contributed by atoms with van der Waals surface area (Å²) in [7, 11) is 0. The van der Waals surface area contributed by atoms with E-state index in [1.54, 1.807) is 0 Å². The van der Waals surface area contributed by atoms with Gasteiger partial charge >= 0.3 is 12.0 Å². The normalized spacial score (nSPS) is 21.8. The molecule has 0 atom stereocenters. The van der Waals surface area contributed by atoms with Crippen LogP contribution in [0.2, 0.25) is 0 Å². The van der Waals surface area contributed by atoms with E-state index in [2.05, 4.69) is 22.0 Å². The number of carboxylic acids is 1. The Kier molecular flexibility index (Phi) is 5.49. The molecule has 0 radical (unpaired) electrons. The Labute approximate surface area is 127 Å². The molecule has 2 amide bonds. The number of hydrogen-bond acceptors (Lipinski definition) is 4. The average molecular weight is 312 g/mol. The number of hydrogen-bond donors (Lipinski definition) is 3. The van der Waals surface area contributed by atoms with Gasteiger partial charge in [-0.3, -0.25) is 9.48 Å². The Bertz CT molecular complexity index is 497. The van der Waals surface area contributed by atoms with Crippen LogP contribution in [0.5, 0.6) is 0 Å². The third-order valence-electron chi connectivity index (χ3n) is 3.53. The van der Waals surface area contributed by atoms with Crippen molar-refractivity contribution in [1.82, 2.24) is 15.1 Å². The van der Waals surface area contributed by atoms with Crippen LogP contribution in [0.25, 0.3) is 0 Å². The molecular weight excluding hydrogens is 292 g/mol. The zero-order chi connectivity index (χ0) is 15.2. The smallest absolute Gasteiger partial charge is 0.325 e. The number of carbonyl (C=O) groups excluding carboxylic acids is 1. The van der Waals surface area contributed by atoms with Gasteiger partial charge in [0.2, 0.25) is 0 Å². The number of nitrogens with one attached hydrogen (secondary N) is 2. The number of aromatic nitrogens is 2. The molecule has 1 aromatic rings. The van der Waals surface area contributed by atoms with Crippen molar-refractivity contribution < 1.29 is 14.7 Å². The first-order chi connectivity index (χ1) is 10.1. The topological polar surface area (TPSA) is 96.3 Å². The molecule has 116 valence electrons. The molecule has 2 rings (SSSR count). The highest BCUT2D eigenvalue weighted by Crippen LogP contribution is 2.26. The summed E-state index contributed by atoms with van der Waals surface area (Å²) in [6.07, 6.45) is 9.31. The van der Waals surface area contributed by atoms with E-state index < -0.39 is 5.97 Å². The van der Waals surface area contributed by atoms with Crippen molar-refractivity contribution in [2.24, 2.45) is 0 Å². The first-order valence-corrected chi connectivity index (χ1v) is 8.20. The highest BCUT2D eigenvalue weighted by Gasteiger charge is 2.21. The first-order valence-electron chi connectivity index (χ1n) is 6.91. The molecule has 21 heavy (non-hydrogen) atoms. The largest absolute Gasteiger partial charge is 0.480 e. The molecule has 8 heteroatoms. The fraction of sp³-hybridized carbons (Fsp3) is 0.615. The van der Waals surface area contributed by atoms with Crippen LogP contribution in [-0.2, 0) is 11.3 Å². The number of amides is 2. The second-order valence-electron chi connectivity index (χ2n) is 5.13. The zero-order valence-electron chi connectivity index (χ0n) is 11.9. The minimum atomic E-state index is -0.973. The van der Waals surface area contributed by atoms with E-state index in [9.17, 15) is 9.59 Å². The molecule has 0 saturated heterocycles. The van der Waals surface area contributed by atoms with E-state index in [1.165, 1.54) is 17.1 Å². The van der Waals surface area contributed by atoms with Crippen LogP contribution in [0.3, 0.4) is 0 Å². The van der Waals surface area contributed by atoms with Crippen LogP contribution in [0.1, 0.15) is 25.7 Å². The predicted octanol–water partition coefficient (Wildman–Crippen LogP) is 1.76. The predicted molar refractivity (Wildman–Crippen MR) is 81.6 cm³/mol. The molecule has 1 aliphatic rings. The molecule has 1 heterocycles. The summed E-state index contributed by atoms with van der Waals surface area (Å²) >= 11 is 1.89. The highest BCUT2D eigenvalue weighted by atomic mass is 32.2. The van der Waals surface area contributed by atoms with E-state index in [4.69, 9.17) is 5.11 Å². The second kappa shape index (κ2) is 7.35. The molecule has 7 nitrogen and oxygen atoms in total. The number of nitrogens with zero attached hydrogens (tertiary/aromatic N) is 2. The highest BCUT2D eigenvalue weighted by molar-refractivity contribution is 7.99. The van der Waals surface area contributed by atoms with Gasteiger partial charge in [-0.15, -0.1) is 0 Å². The van der Waals surface area contributed by atoms with Crippen LogP contribution >= 0.6 is 11.8 Å². The monoisotopic (exact) mass is 312 g/mol. The lowest BCUT2D eigenvalue weighted by Crippen LogP contribution is -2.40. The number of carboxylic acid groups (broad SMARTS) is 1. The molecule has 0 spiro atoms. The molecule has 1 fully saturated rings. The van der Waals surface area contributed by atoms with Crippen molar-refractivity contribution in [3.63, 3.8) is 0 Å². The number of aliphatic carboxylic acids is 1. The van der Waals surface area contributed by atoms with Gasteiger partial charge in [-0.2, -0.15) is 16.9 Å². The molecule has 1 aliphatic carbocycles. The van der Waals surface area contributed by atoms with Crippen molar-refractivity contribution >= 4 is 29.4 Å². The Balaban J connectivity index is 1.77. The molecule has 0 bridgehead atoms. The van der Waals surface area contributed by atoms with Gasteiger partial charge in [0, 0.05) is 17.5 Å². The standard InChI is InChI=1S/C13H20N4O3S/c1-21-11-4-2-9(3-5-11)15-13(20)16-10-6-14-17(7-10)8-12(18)19/h6-7,9,11H,2-5,8H2,1H3,(H,18,19)(H2,15,16,20). The SMILES string of the molecule is CSC1CCC(NC(=O)Nc2cnn(CC(=O)O)c2)CC1. The van der Waals surface area contributed by atoms with Crippen molar-refractivity contribution in [1.29, 1.82) is 0 Å². The summed E-state index contributed by atoms with van der Waals surface area (Å²) in [5.41, 5.74) is 0.492. The van der Waals surface area contributed by atoms with Gasteiger partial charge in [0.25, 0.3) is 0 Å². The number of urea groups is 1. The fourth-order valence-electron chi connectivity index (χ4n) is 2.45. The van der Waals surface area contributed by atoms with Crippen molar-refractivity contribution in [3.05, 3.63) is 12.4 Å². The van der Waals surface area contributed by atoms with Crippen LogP contribution in [0.15, 0.2) is 12.4 Å². The van der Waals surface area contributed by atoms with Gasteiger partial charge in [-0.25, -0.2) is 4.79 Å². The Hall–Kier alpha value is -1.70. The van der Waals surface area contributed by atoms with Crippen molar-refractivity contribution in [2.45, 2.75) is 43.5 Å². The summed E-state index contributed by atoms with van der Waals surface area (Å²) in [6, 6.07) is -0.0556. The van der Waals surface area contributed by atoms with Gasteiger partial charge < -0.3 is 15.7 Å². The Morgan fingerprint density at radius 3 is 2.76 bits per heavy atom. The van der Waals surface area contributed by atoms with Crippen LogP contribution in [0, 0.1) is 0 Å². The quantitative estimate of drug-likeness (QED) is 0.770. The Morgan fingerprint density at radius 2 is 2.14 bits per heavy atom. The molecular formula is C13H20N4O3S. The summed E-state index contributed by atoms with van der Waals surface area (Å²) in [5, 5.41) is 18.9. The maximum absolute atomic E-state index is 11.9. The van der Waals surface area contributed by atoms with Crippen LogP contribution in [0.4, 0.5) is 10.5 Å². The molecule has 0 aromatic carbocycles. The first kappa shape index (κ1) is 15.7. The van der Waals surface area contributed by atoms with Gasteiger partial charge in [0.05, 0.1) is 11.9 Å². The van der Waals surface area contributed by atoms with E-state index in [-0.39, 0.29) is 18.6 Å². The fourth-order valence-corrected chi connectivity index (χ4v) is 3.19. The van der Waals surface area contributed by atoms with Crippen LogP contribution < -0.4 is 10.6 Å². The lowest BCUT2D eigenvalue weighted by atomic mass is 9.95. The average Bonchev–Trinajstić information content (AvgIpc) is 2.85. The Morgan fingerprint density at radius 1 is 1.43 bits per heavy atom. The summed E-state index contributed by atoms with van der Waals surface area (Å²) in [6.45, 7) is -0.220. The maximum atomic E-state index is 11.9. The molecule has 0 unspecified atom stereocenters. The van der Waals surface area contributed by atoms with E-state index in [1.807, 2.05) is 11.8 Å². The van der Waals surface area contributed by atoms with E-state index in [0.717, 1.165) is 25.7 Å². The molecule has 1 saturated carbocycles. The van der Waals surface area contributed by atoms with Crippen molar-refractivity contribution in [3.8, 4) is 0 Å². The molecule has 3 N–H and O–H groups in total. The third-order valence-corrected chi connectivity index (χ3v) is 4.67. The molecule has 1 aromatic heterocycles. The number of anilines is 1. The number of rotatable bonds is 5. The zero-order valence-corrected chi connectivity index (χ0v) is 12.7.